The number of ether oxygens (including phenoxy) is 1. The van der Waals surface area contributed by atoms with E-state index >= 15 is 0 Å². The molecule has 1 aromatic carbocycles. The Morgan fingerprint density at radius 1 is 1.11 bits per heavy atom. The number of hydrogen-bond acceptors (Lipinski definition) is 6. The van der Waals surface area contributed by atoms with Crippen molar-refractivity contribution < 1.29 is 33.3 Å². The lowest BCUT2D eigenvalue weighted by atomic mass is 10.1. The summed E-state index contributed by atoms with van der Waals surface area (Å²) in [4.78, 5) is 19.7. The zero-order valence-corrected chi connectivity index (χ0v) is 24.3. The quantitative estimate of drug-likeness (QED) is 0.130. The van der Waals surface area contributed by atoms with Crippen LogP contribution in [0.2, 0.25) is 0 Å². The summed E-state index contributed by atoms with van der Waals surface area (Å²) in [5.74, 6) is 0.651. The van der Waals surface area contributed by atoms with Gasteiger partial charge < -0.3 is 29.1 Å². The third-order valence-corrected chi connectivity index (χ3v) is 8.57. The van der Waals surface area contributed by atoms with Gasteiger partial charge in [0, 0.05) is 58.1 Å². The highest BCUT2D eigenvalue weighted by Gasteiger charge is 2.39. The molecule has 2 unspecified atom stereocenters. The number of aryl methyl sites for hydroxylation is 1. The summed E-state index contributed by atoms with van der Waals surface area (Å²) < 4.78 is 35.0. The molecule has 0 saturated heterocycles. The van der Waals surface area contributed by atoms with E-state index in [1.807, 2.05) is 43.1 Å². The number of nitrogens with zero attached hydrogens (tertiary/aromatic N) is 2. The summed E-state index contributed by atoms with van der Waals surface area (Å²) in [5, 5.41) is 7.62. The number of nitrogens with two attached hydrogens (primary N) is 1. The molecular formula is C21H41Cl2N3O7P2. The molecule has 2 atom stereocenters. The molecule has 1 rings (SSSR count). The standard InChI is InChI=1S/C12H19Cl2N2O2P.C9H22NO5P/c1-11-3-2-4-12(9-11)10-18-19(15,17)16(7-5-13)8-6-14;1-9(11,16(12,13)14)5-7-10(2)6-4-8-15-3/h2-4,9H,5-8,10H2,1H3,(H2,15,17);11H,4-8H2,1-3H3,(H2,12,13,14). The van der Waals surface area contributed by atoms with Gasteiger partial charge in [-0.25, -0.2) is 10.2 Å². The molecule has 0 amide bonds. The first-order chi connectivity index (χ1) is 16.2. The summed E-state index contributed by atoms with van der Waals surface area (Å²) in [6.45, 7) is 5.98. The lowest BCUT2D eigenvalue weighted by Crippen LogP contribution is -2.31. The summed E-state index contributed by atoms with van der Waals surface area (Å²) in [6.07, 6.45) is 0.895. The van der Waals surface area contributed by atoms with Gasteiger partial charge in [0.15, 0.2) is 5.34 Å². The zero-order chi connectivity index (χ0) is 27.1. The van der Waals surface area contributed by atoms with Crippen LogP contribution in [-0.2, 0) is 25.0 Å². The lowest BCUT2D eigenvalue weighted by molar-refractivity contribution is 0.0876. The van der Waals surface area contributed by atoms with Crippen LogP contribution in [-0.4, -0.2) is 88.5 Å². The molecule has 10 nitrogen and oxygen atoms in total. The maximum atomic E-state index is 12.3. The van der Waals surface area contributed by atoms with Gasteiger partial charge in [0.1, 0.15) is 0 Å². The van der Waals surface area contributed by atoms with Crippen molar-refractivity contribution >= 4 is 38.5 Å². The first kappa shape index (κ1) is 34.9. The number of aliphatic hydroxyl groups is 1. The fourth-order valence-electron chi connectivity index (χ4n) is 2.78. The highest BCUT2D eigenvalue weighted by Crippen LogP contribution is 2.50. The Bertz CT molecular complexity index is 809. The Kier molecular flexibility index (Phi) is 17.4. The van der Waals surface area contributed by atoms with E-state index in [0.717, 1.165) is 31.0 Å². The van der Waals surface area contributed by atoms with Crippen LogP contribution in [0.5, 0.6) is 0 Å². The first-order valence-electron chi connectivity index (χ1n) is 11.1. The maximum absolute atomic E-state index is 12.3. The molecule has 5 N–H and O–H groups in total. The Morgan fingerprint density at radius 2 is 1.71 bits per heavy atom. The van der Waals surface area contributed by atoms with E-state index in [9.17, 15) is 14.2 Å². The number of alkyl halides is 2. The molecule has 35 heavy (non-hydrogen) atoms. The number of methoxy groups -OCH3 is 1. The topological polar surface area (TPSA) is 146 Å². The van der Waals surface area contributed by atoms with E-state index in [4.69, 9.17) is 47.8 Å². The van der Waals surface area contributed by atoms with Gasteiger partial charge in [-0.1, -0.05) is 29.8 Å². The zero-order valence-electron chi connectivity index (χ0n) is 21.0. The Balaban J connectivity index is 0.000000672. The number of benzene rings is 1. The van der Waals surface area contributed by atoms with Crippen molar-refractivity contribution in [3.05, 3.63) is 35.4 Å². The van der Waals surface area contributed by atoms with Crippen molar-refractivity contribution in [2.75, 3.05) is 58.7 Å². The maximum Gasteiger partial charge on any atom is 0.356 e. The van der Waals surface area contributed by atoms with Crippen molar-refractivity contribution in [3.8, 4) is 0 Å². The van der Waals surface area contributed by atoms with Crippen LogP contribution in [0.4, 0.5) is 0 Å². The Labute approximate surface area is 219 Å². The molecule has 0 fully saturated rings. The number of hydrogen-bond donors (Lipinski definition) is 4. The minimum absolute atomic E-state index is 0.0424. The molecule has 0 radical (unpaired) electrons. The van der Waals surface area contributed by atoms with Crippen LogP contribution in [0.25, 0.3) is 0 Å². The van der Waals surface area contributed by atoms with Crippen LogP contribution in [0, 0.1) is 6.92 Å². The summed E-state index contributed by atoms with van der Waals surface area (Å²) in [6, 6.07) is 7.78. The normalized spacial score (nSPS) is 15.4. The fraction of sp³-hybridized carbons (Fsp3) is 0.714. The van der Waals surface area contributed by atoms with E-state index in [1.165, 1.54) is 4.67 Å². The Hall–Kier alpha value is -0.0600. The van der Waals surface area contributed by atoms with Crippen LogP contribution < -0.4 is 5.50 Å². The lowest BCUT2D eigenvalue weighted by Gasteiger charge is -2.26. The largest absolute Gasteiger partial charge is 0.385 e. The minimum atomic E-state index is -4.45. The highest BCUT2D eigenvalue weighted by molar-refractivity contribution is 7.54. The summed E-state index contributed by atoms with van der Waals surface area (Å²) in [5.41, 5.74) is 7.81. The van der Waals surface area contributed by atoms with Gasteiger partial charge in [-0.3, -0.25) is 9.13 Å². The molecule has 1 aromatic rings. The summed E-state index contributed by atoms with van der Waals surface area (Å²) in [7, 11) is -4.34. The van der Waals surface area contributed by atoms with Gasteiger partial charge in [0.25, 0.3) is 0 Å². The third kappa shape index (κ3) is 15.1. The van der Waals surface area contributed by atoms with Gasteiger partial charge >= 0.3 is 15.3 Å². The van der Waals surface area contributed by atoms with E-state index in [1.54, 1.807) is 7.11 Å². The van der Waals surface area contributed by atoms with Gasteiger partial charge in [0.2, 0.25) is 0 Å². The third-order valence-electron chi connectivity index (χ3n) is 5.06. The van der Waals surface area contributed by atoms with Gasteiger partial charge in [0.05, 0.1) is 6.61 Å². The second-order valence-corrected chi connectivity index (χ2v) is 13.1. The van der Waals surface area contributed by atoms with Crippen LogP contribution in [0.3, 0.4) is 0 Å². The van der Waals surface area contributed by atoms with Crippen LogP contribution in [0.1, 0.15) is 30.9 Å². The van der Waals surface area contributed by atoms with Gasteiger partial charge in [-0.15, -0.1) is 23.2 Å². The number of rotatable bonds is 16. The minimum Gasteiger partial charge on any atom is -0.385 e. The second-order valence-electron chi connectivity index (χ2n) is 8.32. The van der Waals surface area contributed by atoms with E-state index in [0.29, 0.717) is 38.0 Å². The average molecular weight is 580 g/mol. The van der Waals surface area contributed by atoms with Crippen LogP contribution >= 0.6 is 38.5 Å². The molecule has 0 aliphatic carbocycles. The van der Waals surface area contributed by atoms with Crippen molar-refractivity contribution in [1.82, 2.24) is 9.57 Å². The molecule has 206 valence electrons. The predicted octanol–water partition coefficient (Wildman–Crippen LogP) is 3.59. The molecule has 0 aliphatic heterocycles. The average Bonchev–Trinajstić information content (AvgIpc) is 2.76. The van der Waals surface area contributed by atoms with E-state index < -0.39 is 20.6 Å². The monoisotopic (exact) mass is 579 g/mol. The fourth-order valence-corrected chi connectivity index (χ4v) is 5.07. The molecule has 0 aromatic heterocycles. The van der Waals surface area contributed by atoms with E-state index in [-0.39, 0.29) is 13.0 Å². The van der Waals surface area contributed by atoms with E-state index in [2.05, 4.69) is 0 Å². The smallest absolute Gasteiger partial charge is 0.356 e. The molecule has 0 aliphatic rings. The molecule has 14 heteroatoms. The first-order valence-corrected chi connectivity index (χ1v) is 15.4. The highest BCUT2D eigenvalue weighted by atomic mass is 35.5. The molecular weight excluding hydrogens is 539 g/mol. The van der Waals surface area contributed by atoms with Crippen molar-refractivity contribution in [1.29, 1.82) is 0 Å². The van der Waals surface area contributed by atoms with Crippen LogP contribution in [0.15, 0.2) is 24.3 Å². The van der Waals surface area contributed by atoms with Gasteiger partial charge in [-0.2, -0.15) is 0 Å². The SMILES string of the molecule is COCCCN(C)CCC(C)(O)P(=O)(O)O.Cc1cccc(COP(N)(=O)N(CCCl)CCCl)c1. The van der Waals surface area contributed by atoms with Crippen molar-refractivity contribution in [2.24, 2.45) is 5.50 Å². The molecule has 0 spiro atoms. The van der Waals surface area contributed by atoms with Crippen molar-refractivity contribution in [2.45, 2.75) is 38.6 Å². The van der Waals surface area contributed by atoms with Gasteiger partial charge in [-0.05, 0) is 32.9 Å². The molecule has 0 bridgehead atoms. The predicted molar refractivity (Wildman–Crippen MR) is 142 cm³/mol. The molecule has 0 saturated carbocycles. The number of halogens is 2. The summed E-state index contributed by atoms with van der Waals surface area (Å²) >= 11 is 11.3. The van der Waals surface area contributed by atoms with Crippen molar-refractivity contribution in [3.63, 3.8) is 0 Å². The second kappa shape index (κ2) is 17.4. The Morgan fingerprint density at radius 3 is 2.20 bits per heavy atom. The molecule has 0 heterocycles.